The molecular weight excluding hydrogens is 394 g/mol. The zero-order chi connectivity index (χ0) is 19.2. The first-order valence-electron chi connectivity index (χ1n) is 7.96. The quantitative estimate of drug-likeness (QED) is 0.495. The summed E-state index contributed by atoms with van der Waals surface area (Å²) >= 11 is 0. The average Bonchev–Trinajstić information content (AvgIpc) is 2.65. The summed E-state index contributed by atoms with van der Waals surface area (Å²) in [6.45, 7) is 0.350. The van der Waals surface area contributed by atoms with Gasteiger partial charge in [-0.1, -0.05) is 30.3 Å². The molecule has 0 bridgehead atoms. The van der Waals surface area contributed by atoms with Gasteiger partial charge >= 0.3 is 0 Å². The first kappa shape index (κ1) is 22.8. The second-order valence-corrected chi connectivity index (χ2v) is 7.43. The van der Waals surface area contributed by atoms with E-state index in [9.17, 15) is 18.5 Å². The maximum Gasteiger partial charge on any atom is 0.293 e. The predicted octanol–water partition coefficient (Wildman–Crippen LogP) is 2.22. The van der Waals surface area contributed by atoms with E-state index in [1.54, 1.807) is 0 Å². The Morgan fingerprint density at radius 1 is 1.15 bits per heavy atom. The average molecular weight is 416 g/mol. The van der Waals surface area contributed by atoms with Crippen LogP contribution in [0.5, 0.6) is 5.75 Å². The number of sulfonamides is 1. The summed E-state index contributed by atoms with van der Waals surface area (Å²) < 4.78 is 32.1. The summed E-state index contributed by atoms with van der Waals surface area (Å²) in [4.78, 5) is 10.2. The van der Waals surface area contributed by atoms with Gasteiger partial charge in [0, 0.05) is 19.6 Å². The molecule has 10 heteroatoms. The van der Waals surface area contributed by atoms with Crippen molar-refractivity contribution in [2.75, 3.05) is 26.7 Å². The molecule has 2 rings (SSSR count). The van der Waals surface area contributed by atoms with E-state index in [1.165, 1.54) is 23.5 Å². The smallest absolute Gasteiger partial charge is 0.293 e. The fraction of sp³-hybridized carbons (Fsp3) is 0.294. The molecule has 2 aromatic rings. The largest absolute Gasteiger partial charge is 0.497 e. The van der Waals surface area contributed by atoms with Gasteiger partial charge in [-0.05, 0) is 24.1 Å². The number of hydrogen-bond acceptors (Lipinski definition) is 6. The predicted molar refractivity (Wildman–Crippen MR) is 105 cm³/mol. The third kappa shape index (κ3) is 5.64. The first-order chi connectivity index (χ1) is 12.4. The van der Waals surface area contributed by atoms with Crippen molar-refractivity contribution in [2.45, 2.75) is 11.3 Å². The Balaban J connectivity index is 0.00000364. The number of benzene rings is 2. The van der Waals surface area contributed by atoms with Crippen LogP contribution in [0.15, 0.2) is 53.4 Å². The summed E-state index contributed by atoms with van der Waals surface area (Å²) in [7, 11) is -2.72. The summed E-state index contributed by atoms with van der Waals surface area (Å²) in [5.74, 6) is 0.213. The molecule has 0 aliphatic heterocycles. The van der Waals surface area contributed by atoms with Crippen molar-refractivity contribution >= 4 is 28.1 Å². The van der Waals surface area contributed by atoms with E-state index in [1.807, 2.05) is 30.3 Å². The summed E-state index contributed by atoms with van der Waals surface area (Å²) in [5.41, 5.74) is 6.00. The molecule has 0 saturated heterocycles. The first-order valence-corrected chi connectivity index (χ1v) is 9.40. The van der Waals surface area contributed by atoms with Gasteiger partial charge in [-0.3, -0.25) is 10.1 Å². The third-order valence-electron chi connectivity index (χ3n) is 3.85. The monoisotopic (exact) mass is 415 g/mol. The molecule has 2 aromatic carbocycles. The molecule has 0 aromatic heterocycles. The van der Waals surface area contributed by atoms with Crippen LogP contribution in [0, 0.1) is 10.1 Å². The molecule has 2 N–H and O–H groups in total. The number of ether oxygens (including phenoxy) is 1. The van der Waals surface area contributed by atoms with E-state index in [0.29, 0.717) is 6.42 Å². The number of nitrogens with zero attached hydrogens (tertiary/aromatic N) is 2. The van der Waals surface area contributed by atoms with Crippen LogP contribution >= 0.6 is 12.4 Å². The molecule has 148 valence electrons. The van der Waals surface area contributed by atoms with Crippen LogP contribution in [0.3, 0.4) is 0 Å². The minimum Gasteiger partial charge on any atom is -0.497 e. The van der Waals surface area contributed by atoms with Crippen LogP contribution in [0.4, 0.5) is 5.69 Å². The highest BCUT2D eigenvalue weighted by Gasteiger charge is 2.31. The van der Waals surface area contributed by atoms with Crippen LogP contribution in [0.1, 0.15) is 5.56 Å². The highest BCUT2D eigenvalue weighted by Crippen LogP contribution is 2.30. The number of halogens is 1. The van der Waals surface area contributed by atoms with Crippen molar-refractivity contribution in [3.63, 3.8) is 0 Å². The van der Waals surface area contributed by atoms with Gasteiger partial charge in [0.25, 0.3) is 5.69 Å². The Labute approximate surface area is 164 Å². The molecule has 0 aliphatic carbocycles. The van der Waals surface area contributed by atoms with E-state index in [0.717, 1.165) is 11.6 Å². The zero-order valence-corrected chi connectivity index (χ0v) is 16.4. The number of methoxy groups -OCH3 is 1. The Morgan fingerprint density at radius 2 is 1.81 bits per heavy atom. The molecule has 0 atom stereocenters. The van der Waals surface area contributed by atoms with Gasteiger partial charge in [-0.15, -0.1) is 12.4 Å². The lowest BCUT2D eigenvalue weighted by molar-refractivity contribution is -0.387. The van der Waals surface area contributed by atoms with Crippen molar-refractivity contribution in [3.8, 4) is 5.75 Å². The van der Waals surface area contributed by atoms with Gasteiger partial charge in [-0.25, -0.2) is 8.42 Å². The number of nitro groups is 1. The van der Waals surface area contributed by atoms with Gasteiger partial charge in [0.15, 0.2) is 4.90 Å². The van der Waals surface area contributed by atoms with Crippen LogP contribution in [-0.4, -0.2) is 44.4 Å². The van der Waals surface area contributed by atoms with Crippen molar-refractivity contribution in [1.82, 2.24) is 4.31 Å². The fourth-order valence-corrected chi connectivity index (χ4v) is 4.11. The highest BCUT2D eigenvalue weighted by atomic mass is 35.5. The van der Waals surface area contributed by atoms with Crippen LogP contribution in [0.25, 0.3) is 0 Å². The molecule has 0 fully saturated rings. The molecular formula is C17H22ClN3O5S. The Morgan fingerprint density at radius 3 is 2.37 bits per heavy atom. The number of rotatable bonds is 9. The van der Waals surface area contributed by atoms with E-state index in [2.05, 4.69) is 0 Å². The van der Waals surface area contributed by atoms with Crippen LogP contribution in [0.2, 0.25) is 0 Å². The maximum absolute atomic E-state index is 13.0. The van der Waals surface area contributed by atoms with Crippen molar-refractivity contribution in [3.05, 3.63) is 64.2 Å². The second kappa shape index (κ2) is 10.2. The van der Waals surface area contributed by atoms with Gasteiger partial charge in [0.2, 0.25) is 10.0 Å². The second-order valence-electron chi connectivity index (χ2n) is 5.52. The van der Waals surface area contributed by atoms with Gasteiger partial charge in [0.1, 0.15) is 5.75 Å². The lowest BCUT2D eigenvalue weighted by Gasteiger charge is -2.21. The lowest BCUT2D eigenvalue weighted by Crippen LogP contribution is -2.37. The molecule has 0 saturated carbocycles. The minimum atomic E-state index is -4.08. The molecule has 0 radical (unpaired) electrons. The van der Waals surface area contributed by atoms with Gasteiger partial charge in [0.05, 0.1) is 18.1 Å². The van der Waals surface area contributed by atoms with E-state index >= 15 is 0 Å². The molecule has 0 aliphatic rings. The standard InChI is InChI=1S/C17H21N3O5S.ClH/c1-25-15-7-8-17(16(13-15)20(21)22)26(23,24)19(12-10-18)11-9-14-5-3-2-4-6-14;/h2-8,13H,9-12,18H2,1H3;1H. The summed E-state index contributed by atoms with van der Waals surface area (Å²) in [5, 5.41) is 11.3. The van der Waals surface area contributed by atoms with Crippen LogP contribution < -0.4 is 10.5 Å². The molecule has 0 spiro atoms. The molecule has 0 unspecified atom stereocenters. The number of nitrogens with two attached hydrogens (primary N) is 1. The highest BCUT2D eigenvalue weighted by molar-refractivity contribution is 7.89. The number of hydrogen-bond donors (Lipinski definition) is 1. The normalized spacial score (nSPS) is 11.1. The molecule has 8 nitrogen and oxygen atoms in total. The van der Waals surface area contributed by atoms with E-state index in [4.69, 9.17) is 10.5 Å². The van der Waals surface area contributed by atoms with Crippen LogP contribution in [-0.2, 0) is 16.4 Å². The minimum absolute atomic E-state index is 0. The Hall–Kier alpha value is -2.20. The van der Waals surface area contributed by atoms with Crippen molar-refractivity contribution < 1.29 is 18.1 Å². The van der Waals surface area contributed by atoms with Gasteiger partial charge < -0.3 is 10.5 Å². The SMILES string of the molecule is COc1ccc(S(=O)(=O)N(CCN)CCc2ccccc2)c([N+](=O)[O-])c1.Cl. The topological polar surface area (TPSA) is 116 Å². The van der Waals surface area contributed by atoms with Crippen molar-refractivity contribution in [2.24, 2.45) is 5.73 Å². The Kier molecular flexibility index (Phi) is 8.64. The lowest BCUT2D eigenvalue weighted by atomic mass is 10.1. The third-order valence-corrected chi connectivity index (χ3v) is 5.80. The number of nitro benzene ring substituents is 1. The zero-order valence-electron chi connectivity index (χ0n) is 14.8. The maximum atomic E-state index is 13.0. The fourth-order valence-electron chi connectivity index (χ4n) is 2.52. The molecule has 0 amide bonds. The summed E-state index contributed by atoms with van der Waals surface area (Å²) in [6.07, 6.45) is 0.476. The Bertz CT molecular complexity index is 862. The van der Waals surface area contributed by atoms with E-state index in [-0.39, 0.29) is 42.7 Å². The molecule has 27 heavy (non-hydrogen) atoms. The molecule has 0 heterocycles. The van der Waals surface area contributed by atoms with Crippen molar-refractivity contribution in [1.29, 1.82) is 0 Å². The summed E-state index contributed by atoms with van der Waals surface area (Å²) in [6, 6.07) is 13.1. The van der Waals surface area contributed by atoms with Gasteiger partial charge in [-0.2, -0.15) is 4.31 Å². The van der Waals surface area contributed by atoms with E-state index < -0.39 is 20.6 Å².